The number of carbonyl (C=O) groups excluding carboxylic acids is 4. The van der Waals surface area contributed by atoms with Crippen molar-refractivity contribution in [1.82, 2.24) is 5.32 Å². The predicted octanol–water partition coefficient (Wildman–Crippen LogP) is 3.19. The molecule has 2 unspecified atom stereocenters. The average Bonchev–Trinajstić information content (AvgIpc) is 2.78. The Hall–Kier alpha value is -3.43. The maximum Gasteiger partial charge on any atom is 0.397 e. The lowest BCUT2D eigenvalue weighted by atomic mass is 9.98. The summed E-state index contributed by atoms with van der Waals surface area (Å²) in [7, 11) is 0. The summed E-state index contributed by atoms with van der Waals surface area (Å²) >= 11 is 6.07. The van der Waals surface area contributed by atoms with Gasteiger partial charge in [0.15, 0.2) is 6.10 Å². The van der Waals surface area contributed by atoms with Crippen molar-refractivity contribution in [2.75, 3.05) is 6.79 Å². The maximum atomic E-state index is 12.4. The molecule has 0 aliphatic rings. The van der Waals surface area contributed by atoms with Crippen molar-refractivity contribution in [3.8, 4) is 11.1 Å². The maximum absolute atomic E-state index is 12.4. The molecule has 0 fully saturated rings. The Kier molecular flexibility index (Phi) is 10.4. The van der Waals surface area contributed by atoms with E-state index in [1.165, 1.54) is 0 Å². The van der Waals surface area contributed by atoms with Crippen LogP contribution in [0.1, 0.15) is 39.7 Å². The van der Waals surface area contributed by atoms with Gasteiger partial charge in [-0.3, -0.25) is 9.59 Å². The van der Waals surface area contributed by atoms with Gasteiger partial charge in [0.25, 0.3) is 0 Å². The summed E-state index contributed by atoms with van der Waals surface area (Å²) in [5.41, 5.74) is 1.75. The van der Waals surface area contributed by atoms with E-state index in [1.54, 1.807) is 26.8 Å². The van der Waals surface area contributed by atoms with Gasteiger partial charge in [-0.05, 0) is 56.0 Å². The molecule has 2 rings (SSSR count). The van der Waals surface area contributed by atoms with E-state index in [2.05, 4.69) is 10.1 Å². The fourth-order valence-electron chi connectivity index (χ4n) is 3.18. The number of ether oxygens (including phenoxy) is 3. The second-order valence-corrected chi connectivity index (χ2v) is 9.49. The Morgan fingerprint density at radius 2 is 1.67 bits per heavy atom. The number of halogens is 1. The van der Waals surface area contributed by atoms with Gasteiger partial charge < -0.3 is 24.6 Å². The van der Waals surface area contributed by atoms with Crippen LogP contribution in [0.3, 0.4) is 0 Å². The minimum Gasteiger partial charge on any atom is -0.453 e. The van der Waals surface area contributed by atoms with Crippen molar-refractivity contribution in [2.24, 2.45) is 0 Å². The normalized spacial score (nSPS) is 12.7. The van der Waals surface area contributed by atoms with Crippen molar-refractivity contribution in [1.29, 1.82) is 0 Å². The molecule has 10 heteroatoms. The summed E-state index contributed by atoms with van der Waals surface area (Å²) in [6.07, 6.45) is -1.71. The Bertz CT molecular complexity index is 1080. The van der Waals surface area contributed by atoms with E-state index in [4.69, 9.17) is 21.1 Å². The summed E-state index contributed by atoms with van der Waals surface area (Å²) in [6, 6.07) is 14.0. The number of benzene rings is 2. The van der Waals surface area contributed by atoms with E-state index in [9.17, 15) is 24.3 Å². The zero-order valence-electron chi connectivity index (χ0n) is 20.6. The number of nitrogens with one attached hydrogen (secondary N) is 1. The fraction of sp³-hybridized carbons (Fsp3) is 0.385. The highest BCUT2D eigenvalue weighted by atomic mass is 35.5. The van der Waals surface area contributed by atoms with Crippen LogP contribution in [-0.2, 0) is 39.8 Å². The Balaban J connectivity index is 2.13. The lowest BCUT2D eigenvalue weighted by Gasteiger charge is -2.23. The molecule has 1 amide bonds. The van der Waals surface area contributed by atoms with Gasteiger partial charge >= 0.3 is 23.8 Å². The number of hydrogen-bond acceptors (Lipinski definition) is 8. The largest absolute Gasteiger partial charge is 0.453 e. The Morgan fingerprint density at radius 3 is 2.25 bits per heavy atom. The molecule has 9 nitrogen and oxygen atoms in total. The number of hydrogen-bond donors (Lipinski definition) is 2. The van der Waals surface area contributed by atoms with Gasteiger partial charge in [0.1, 0.15) is 5.60 Å². The third-order valence-electron chi connectivity index (χ3n) is 4.76. The molecule has 2 aromatic carbocycles. The SMILES string of the molecule is CC(=O)OCOC(=O)C(O)CC(Cc1ccc(-c2cccc(Cl)c2)cc1)NC(=O)C(=O)OC(C)(C)C. The third kappa shape index (κ3) is 10.1. The molecule has 0 aliphatic carbocycles. The van der Waals surface area contributed by atoms with Crippen LogP contribution in [-0.4, -0.2) is 53.5 Å². The van der Waals surface area contributed by atoms with Gasteiger partial charge in [-0.2, -0.15) is 0 Å². The molecule has 0 bridgehead atoms. The minimum atomic E-state index is -1.64. The molecule has 2 aromatic rings. The number of aliphatic hydroxyl groups excluding tert-OH is 1. The fourth-order valence-corrected chi connectivity index (χ4v) is 3.37. The topological polar surface area (TPSA) is 128 Å². The monoisotopic (exact) mass is 519 g/mol. The van der Waals surface area contributed by atoms with E-state index in [0.29, 0.717) is 5.02 Å². The molecule has 0 spiro atoms. The molecule has 0 heterocycles. The van der Waals surface area contributed by atoms with Crippen molar-refractivity contribution >= 4 is 35.4 Å². The summed E-state index contributed by atoms with van der Waals surface area (Å²) < 4.78 is 14.3. The van der Waals surface area contributed by atoms with Crippen LogP contribution < -0.4 is 5.32 Å². The molecule has 194 valence electrons. The highest BCUT2D eigenvalue weighted by molar-refractivity contribution is 6.32. The van der Waals surface area contributed by atoms with Crippen molar-refractivity contribution in [2.45, 2.75) is 58.3 Å². The quantitative estimate of drug-likeness (QED) is 0.293. The second kappa shape index (κ2) is 13.0. The van der Waals surface area contributed by atoms with Crippen LogP contribution in [0.4, 0.5) is 0 Å². The smallest absolute Gasteiger partial charge is 0.397 e. The van der Waals surface area contributed by atoms with Gasteiger partial charge in [0.05, 0.1) is 0 Å². The highest BCUT2D eigenvalue weighted by Gasteiger charge is 2.28. The van der Waals surface area contributed by atoms with Crippen molar-refractivity contribution in [3.05, 3.63) is 59.1 Å². The van der Waals surface area contributed by atoms with Crippen LogP contribution in [0.2, 0.25) is 5.02 Å². The van der Waals surface area contributed by atoms with E-state index >= 15 is 0 Å². The van der Waals surface area contributed by atoms with Crippen LogP contribution in [0.25, 0.3) is 11.1 Å². The van der Waals surface area contributed by atoms with Crippen LogP contribution >= 0.6 is 11.6 Å². The highest BCUT2D eigenvalue weighted by Crippen LogP contribution is 2.23. The zero-order valence-corrected chi connectivity index (χ0v) is 21.3. The van der Waals surface area contributed by atoms with Crippen LogP contribution in [0.15, 0.2) is 48.5 Å². The second-order valence-electron chi connectivity index (χ2n) is 9.05. The van der Waals surface area contributed by atoms with Gasteiger partial charge in [0.2, 0.25) is 6.79 Å². The number of aliphatic hydroxyl groups is 1. The molecule has 36 heavy (non-hydrogen) atoms. The van der Waals surface area contributed by atoms with Crippen molar-refractivity contribution < 1.29 is 38.5 Å². The molecule has 2 N–H and O–H groups in total. The molecular formula is C26H30ClNO8. The number of rotatable bonds is 9. The Morgan fingerprint density at radius 1 is 1.00 bits per heavy atom. The number of esters is 3. The molecule has 0 radical (unpaired) electrons. The van der Waals surface area contributed by atoms with E-state index < -0.39 is 48.4 Å². The number of amides is 1. The average molecular weight is 520 g/mol. The van der Waals surface area contributed by atoms with Gasteiger partial charge in [-0.15, -0.1) is 0 Å². The molecule has 0 aromatic heterocycles. The molecular weight excluding hydrogens is 490 g/mol. The Labute approximate surface area is 214 Å². The summed E-state index contributed by atoms with van der Waals surface area (Å²) in [5, 5.41) is 13.4. The lowest BCUT2D eigenvalue weighted by molar-refractivity contribution is -0.172. The van der Waals surface area contributed by atoms with Crippen LogP contribution in [0.5, 0.6) is 0 Å². The first-order valence-corrected chi connectivity index (χ1v) is 11.6. The predicted molar refractivity (Wildman–Crippen MR) is 132 cm³/mol. The first-order valence-electron chi connectivity index (χ1n) is 11.2. The summed E-state index contributed by atoms with van der Waals surface area (Å²) in [6.45, 7) is 5.37. The minimum absolute atomic E-state index is 0.193. The van der Waals surface area contributed by atoms with E-state index in [-0.39, 0.29) is 12.8 Å². The summed E-state index contributed by atoms with van der Waals surface area (Å²) in [4.78, 5) is 47.5. The third-order valence-corrected chi connectivity index (χ3v) is 4.99. The van der Waals surface area contributed by atoms with Crippen molar-refractivity contribution in [3.63, 3.8) is 0 Å². The van der Waals surface area contributed by atoms with Gasteiger partial charge in [0, 0.05) is 24.4 Å². The van der Waals surface area contributed by atoms with E-state index in [0.717, 1.165) is 23.6 Å². The van der Waals surface area contributed by atoms with Gasteiger partial charge in [-0.1, -0.05) is 48.0 Å². The molecule has 2 atom stereocenters. The molecule has 0 aliphatic heterocycles. The molecule has 0 saturated heterocycles. The first kappa shape index (κ1) is 28.8. The van der Waals surface area contributed by atoms with Crippen LogP contribution in [0, 0.1) is 0 Å². The van der Waals surface area contributed by atoms with E-state index in [1.807, 2.05) is 42.5 Å². The van der Waals surface area contributed by atoms with Gasteiger partial charge in [-0.25, -0.2) is 9.59 Å². The molecule has 0 saturated carbocycles. The lowest BCUT2D eigenvalue weighted by Crippen LogP contribution is -2.45. The number of carbonyl (C=O) groups is 4. The standard InChI is InChI=1S/C26H30ClNO8/c1-16(29)34-15-35-24(32)22(30)14-21(28-23(31)25(33)36-26(2,3)4)12-17-8-10-18(11-9-17)19-6-5-7-20(27)13-19/h5-11,13,21-22,30H,12,14-15H2,1-4H3,(H,28,31). The summed E-state index contributed by atoms with van der Waals surface area (Å²) in [5.74, 6) is -3.79. The first-order chi connectivity index (χ1) is 16.8. The zero-order chi connectivity index (χ0) is 26.9.